The van der Waals surface area contributed by atoms with Crippen molar-refractivity contribution in [2.24, 2.45) is 0 Å². The van der Waals surface area contributed by atoms with Crippen LogP contribution in [0.5, 0.6) is 0 Å². The normalized spacial score (nSPS) is 11.8. The maximum atomic E-state index is 5.37. The van der Waals surface area contributed by atoms with Gasteiger partial charge in [0, 0.05) is 55.0 Å². The van der Waals surface area contributed by atoms with E-state index in [1.165, 1.54) is 48.7 Å². The molecule has 14 aromatic rings. The molecule has 0 aliphatic heterocycles. The fraction of sp³-hybridized carbons (Fsp3) is 0. The molecule has 0 bridgehead atoms. The van der Waals surface area contributed by atoms with E-state index in [4.69, 9.17) is 15.0 Å². The van der Waals surface area contributed by atoms with Crippen LogP contribution in [0.15, 0.2) is 237 Å². The SMILES string of the molecule is c1ccc(-c2nc(-c3ccccc3)nc(-c3cc(-n4c5ccccc5c5ccc(-c6ccc7c8ccccc8n(-c8ccccc8)c7c6)cc54)cc4c5ccccc5c5ccccc5c34)n2)cc1. The maximum Gasteiger partial charge on any atom is 0.164 e. The summed E-state index contributed by atoms with van der Waals surface area (Å²) in [6.07, 6.45) is 0. The largest absolute Gasteiger partial charge is 0.309 e. The molecule has 3 heterocycles. The van der Waals surface area contributed by atoms with E-state index in [-0.39, 0.29) is 0 Å². The first-order valence-electron chi connectivity index (χ1n) is 23.1. The fourth-order valence-electron chi connectivity index (χ4n) is 10.7. The molecule has 3 aromatic heterocycles. The van der Waals surface area contributed by atoms with E-state index in [1.54, 1.807) is 0 Å². The predicted molar refractivity (Wildman–Crippen MR) is 283 cm³/mol. The van der Waals surface area contributed by atoms with Crippen LogP contribution in [-0.4, -0.2) is 24.1 Å². The molecule has 0 aliphatic rings. The Hall–Kier alpha value is -9.19. The van der Waals surface area contributed by atoms with Gasteiger partial charge in [0.05, 0.1) is 22.1 Å². The van der Waals surface area contributed by atoms with Crippen LogP contribution in [0.4, 0.5) is 0 Å². The molecule has 68 heavy (non-hydrogen) atoms. The lowest BCUT2D eigenvalue weighted by Gasteiger charge is -2.18. The Morgan fingerprint density at radius 2 is 0.632 bits per heavy atom. The minimum Gasteiger partial charge on any atom is -0.309 e. The van der Waals surface area contributed by atoms with Crippen LogP contribution in [0.25, 0.3) is 133 Å². The molecule has 11 aromatic carbocycles. The summed E-state index contributed by atoms with van der Waals surface area (Å²) in [4.78, 5) is 15.9. The van der Waals surface area contributed by atoms with Crippen LogP contribution in [0, 0.1) is 0 Å². The molecule has 0 radical (unpaired) electrons. The average Bonchev–Trinajstić information content (AvgIpc) is 3.93. The maximum absolute atomic E-state index is 5.37. The number of hydrogen-bond donors (Lipinski definition) is 0. The predicted octanol–water partition coefficient (Wildman–Crippen LogP) is 16.2. The lowest BCUT2D eigenvalue weighted by atomic mass is 9.91. The minimum absolute atomic E-state index is 0.619. The number of para-hydroxylation sites is 3. The zero-order chi connectivity index (χ0) is 44.7. The second kappa shape index (κ2) is 15.2. The summed E-state index contributed by atoms with van der Waals surface area (Å²) >= 11 is 0. The Kier molecular flexibility index (Phi) is 8.52. The van der Waals surface area contributed by atoms with Crippen LogP contribution in [-0.2, 0) is 0 Å². The van der Waals surface area contributed by atoms with Crippen molar-refractivity contribution in [2.75, 3.05) is 0 Å². The van der Waals surface area contributed by atoms with Gasteiger partial charge < -0.3 is 9.13 Å². The summed E-state index contributed by atoms with van der Waals surface area (Å²) in [5, 5.41) is 11.8. The molecule has 0 spiro atoms. The summed E-state index contributed by atoms with van der Waals surface area (Å²) in [6, 6.07) is 84.7. The third-order valence-corrected chi connectivity index (χ3v) is 13.7. The van der Waals surface area contributed by atoms with Crippen LogP contribution in [0.1, 0.15) is 0 Å². The Morgan fingerprint density at radius 1 is 0.235 bits per heavy atom. The van der Waals surface area contributed by atoms with E-state index in [9.17, 15) is 0 Å². The van der Waals surface area contributed by atoms with Crippen molar-refractivity contribution in [2.45, 2.75) is 0 Å². The van der Waals surface area contributed by atoms with E-state index in [0.29, 0.717) is 17.5 Å². The van der Waals surface area contributed by atoms with Crippen molar-refractivity contribution < 1.29 is 0 Å². The number of hydrogen-bond acceptors (Lipinski definition) is 3. The van der Waals surface area contributed by atoms with Gasteiger partial charge in [-0.15, -0.1) is 0 Å². The summed E-state index contributed by atoms with van der Waals surface area (Å²) in [5.41, 5.74) is 11.9. The molecule has 0 N–H and O–H groups in total. The van der Waals surface area contributed by atoms with Crippen molar-refractivity contribution >= 4 is 75.9 Å². The number of nitrogens with zero attached hydrogens (tertiary/aromatic N) is 5. The zero-order valence-electron chi connectivity index (χ0n) is 36.8. The molecule has 0 unspecified atom stereocenters. The Balaban J connectivity index is 1.07. The Labute approximate surface area is 391 Å². The zero-order valence-corrected chi connectivity index (χ0v) is 36.8. The molecule has 0 aliphatic carbocycles. The molecule has 0 amide bonds. The standard InChI is InChI=1S/C63H39N5/c1-4-18-40(19-5-1)61-64-62(41-20-6-2-7-21-41)66-63(65-61)55-39-45(38-54-48-26-11-10-24-46(48)47-25-12-13-29-53(47)60(54)55)68-57-31-17-15-28-50(57)52-35-33-43(37-59(52)68)42-32-34-51-49-27-14-16-30-56(49)67(58(51)36-42)44-22-8-3-9-23-44/h1-39H. The van der Waals surface area contributed by atoms with Crippen LogP contribution in [0.2, 0.25) is 0 Å². The summed E-state index contributed by atoms with van der Waals surface area (Å²) in [7, 11) is 0. The third-order valence-electron chi connectivity index (χ3n) is 13.7. The van der Waals surface area contributed by atoms with Crippen LogP contribution in [0.3, 0.4) is 0 Å². The number of rotatable bonds is 6. The van der Waals surface area contributed by atoms with Gasteiger partial charge in [0.2, 0.25) is 0 Å². The Bertz CT molecular complexity index is 4250. The lowest BCUT2D eigenvalue weighted by molar-refractivity contribution is 1.07. The quantitative estimate of drug-likeness (QED) is 0.156. The van der Waals surface area contributed by atoms with Gasteiger partial charge in [-0.3, -0.25) is 0 Å². The first-order valence-corrected chi connectivity index (χ1v) is 23.1. The van der Waals surface area contributed by atoms with E-state index in [0.717, 1.165) is 66.4 Å². The molecule has 5 heteroatoms. The molecule has 316 valence electrons. The van der Waals surface area contributed by atoms with E-state index in [2.05, 4.69) is 209 Å². The monoisotopic (exact) mass is 865 g/mol. The van der Waals surface area contributed by atoms with Crippen molar-refractivity contribution in [3.8, 4) is 56.7 Å². The van der Waals surface area contributed by atoms with E-state index >= 15 is 0 Å². The summed E-state index contributed by atoms with van der Waals surface area (Å²) in [6.45, 7) is 0. The number of fused-ring (bicyclic) bond motifs is 12. The molecular weight excluding hydrogens is 827 g/mol. The number of aromatic nitrogens is 5. The van der Waals surface area contributed by atoms with E-state index in [1.807, 2.05) is 36.4 Å². The highest BCUT2D eigenvalue weighted by Crippen LogP contribution is 2.44. The Morgan fingerprint density at radius 3 is 1.18 bits per heavy atom. The minimum atomic E-state index is 0.619. The van der Waals surface area contributed by atoms with Crippen molar-refractivity contribution in [1.29, 1.82) is 0 Å². The molecule has 5 nitrogen and oxygen atoms in total. The molecule has 14 rings (SSSR count). The first kappa shape index (κ1) is 38.1. The highest BCUT2D eigenvalue weighted by Gasteiger charge is 2.22. The van der Waals surface area contributed by atoms with Crippen molar-refractivity contribution in [1.82, 2.24) is 24.1 Å². The van der Waals surface area contributed by atoms with Gasteiger partial charge in [0.15, 0.2) is 17.5 Å². The van der Waals surface area contributed by atoms with Crippen molar-refractivity contribution in [3.05, 3.63) is 237 Å². The molecule has 0 fully saturated rings. The topological polar surface area (TPSA) is 48.5 Å². The summed E-state index contributed by atoms with van der Waals surface area (Å²) in [5.74, 6) is 1.87. The highest BCUT2D eigenvalue weighted by molar-refractivity contribution is 6.29. The lowest BCUT2D eigenvalue weighted by Crippen LogP contribution is -2.02. The van der Waals surface area contributed by atoms with Gasteiger partial charge in [-0.1, -0.05) is 188 Å². The van der Waals surface area contributed by atoms with Crippen molar-refractivity contribution in [3.63, 3.8) is 0 Å². The molecule has 0 atom stereocenters. The molecular formula is C63H39N5. The van der Waals surface area contributed by atoms with Gasteiger partial charge >= 0.3 is 0 Å². The molecule has 0 saturated heterocycles. The van der Waals surface area contributed by atoms with Gasteiger partial charge in [0.1, 0.15) is 0 Å². The molecule has 0 saturated carbocycles. The van der Waals surface area contributed by atoms with Gasteiger partial charge in [0.25, 0.3) is 0 Å². The average molecular weight is 866 g/mol. The summed E-state index contributed by atoms with van der Waals surface area (Å²) < 4.78 is 4.83. The number of benzene rings is 11. The van der Waals surface area contributed by atoms with Gasteiger partial charge in [-0.2, -0.15) is 0 Å². The van der Waals surface area contributed by atoms with E-state index < -0.39 is 0 Å². The highest BCUT2D eigenvalue weighted by atomic mass is 15.0. The fourth-order valence-corrected chi connectivity index (χ4v) is 10.7. The smallest absolute Gasteiger partial charge is 0.164 e. The third kappa shape index (κ3) is 5.93. The van der Waals surface area contributed by atoms with Gasteiger partial charge in [-0.05, 0) is 86.6 Å². The van der Waals surface area contributed by atoms with Crippen LogP contribution < -0.4 is 0 Å². The second-order valence-electron chi connectivity index (χ2n) is 17.5. The first-order chi connectivity index (χ1) is 33.7. The van der Waals surface area contributed by atoms with Gasteiger partial charge in [-0.25, -0.2) is 15.0 Å². The van der Waals surface area contributed by atoms with Crippen LogP contribution >= 0.6 is 0 Å². The second-order valence-corrected chi connectivity index (χ2v) is 17.5.